The van der Waals surface area contributed by atoms with Gasteiger partial charge < -0.3 is 19.5 Å². The van der Waals surface area contributed by atoms with Crippen LogP contribution >= 0.6 is 0 Å². The number of carbonyl (C=O) groups excluding carboxylic acids is 1. The molecule has 0 saturated carbocycles. The molecule has 1 aromatic heterocycles. The quantitative estimate of drug-likeness (QED) is 0.613. The monoisotopic (exact) mass is 404 g/mol. The van der Waals surface area contributed by atoms with Crippen LogP contribution in [-0.4, -0.2) is 23.9 Å². The van der Waals surface area contributed by atoms with Gasteiger partial charge in [-0.25, -0.2) is 4.98 Å². The Hall–Kier alpha value is -3.75. The third-order valence-electron chi connectivity index (χ3n) is 3.42. The number of halogens is 3. The largest absolute Gasteiger partial charge is 0.573 e. The highest BCUT2D eigenvalue weighted by atomic mass is 19.4. The lowest BCUT2D eigenvalue weighted by atomic mass is 10.3. The number of para-hydroxylation sites is 2. The number of pyridine rings is 1. The fraction of sp³-hybridized carbons (Fsp3) is 0.100. The fourth-order valence-corrected chi connectivity index (χ4v) is 2.27. The van der Waals surface area contributed by atoms with Crippen molar-refractivity contribution in [2.75, 3.05) is 11.9 Å². The first kappa shape index (κ1) is 20.0. The third-order valence-corrected chi connectivity index (χ3v) is 3.42. The average Bonchev–Trinajstić information content (AvgIpc) is 2.68. The summed E-state index contributed by atoms with van der Waals surface area (Å²) < 4.78 is 52.2. The molecule has 0 bridgehead atoms. The molecule has 9 heteroatoms. The molecule has 0 aliphatic heterocycles. The number of alkyl halides is 3. The number of hydrogen-bond acceptors (Lipinski definition) is 5. The number of anilines is 1. The fourth-order valence-electron chi connectivity index (χ4n) is 2.27. The van der Waals surface area contributed by atoms with Gasteiger partial charge in [-0.3, -0.25) is 4.79 Å². The Labute approximate surface area is 163 Å². The third kappa shape index (κ3) is 6.42. The summed E-state index contributed by atoms with van der Waals surface area (Å²) in [5, 5.41) is 2.33. The van der Waals surface area contributed by atoms with Gasteiger partial charge in [0.05, 0.1) is 5.69 Å². The van der Waals surface area contributed by atoms with Gasteiger partial charge in [-0.2, -0.15) is 0 Å². The highest BCUT2D eigenvalue weighted by Gasteiger charge is 2.32. The number of aromatic nitrogens is 1. The number of carbonyl (C=O) groups is 1. The van der Waals surface area contributed by atoms with Crippen molar-refractivity contribution in [3.05, 3.63) is 72.9 Å². The Bertz CT molecular complexity index is 965. The van der Waals surface area contributed by atoms with Crippen LogP contribution in [0, 0.1) is 0 Å². The summed E-state index contributed by atoms with van der Waals surface area (Å²) in [4.78, 5) is 16.1. The predicted octanol–water partition coefficient (Wildman–Crippen LogP) is 4.79. The number of rotatable bonds is 7. The van der Waals surface area contributed by atoms with Gasteiger partial charge in [-0.1, -0.05) is 24.3 Å². The zero-order valence-corrected chi connectivity index (χ0v) is 14.8. The zero-order chi connectivity index (χ0) is 20.7. The van der Waals surface area contributed by atoms with E-state index in [0.717, 1.165) is 6.07 Å². The SMILES string of the molecule is O=C(COc1cccc(Oc2ccccn2)c1)Nc1ccccc1OC(F)(F)F. The van der Waals surface area contributed by atoms with Crippen LogP contribution in [0.4, 0.5) is 18.9 Å². The van der Waals surface area contributed by atoms with E-state index in [-0.39, 0.29) is 5.69 Å². The number of amides is 1. The van der Waals surface area contributed by atoms with Crippen LogP contribution in [0.2, 0.25) is 0 Å². The number of nitrogens with one attached hydrogen (secondary N) is 1. The lowest BCUT2D eigenvalue weighted by molar-refractivity contribution is -0.274. The van der Waals surface area contributed by atoms with Crippen LogP contribution in [0.3, 0.4) is 0 Å². The maximum atomic E-state index is 12.4. The van der Waals surface area contributed by atoms with Gasteiger partial charge in [0.2, 0.25) is 5.88 Å². The van der Waals surface area contributed by atoms with Crippen LogP contribution in [0.25, 0.3) is 0 Å². The first-order valence-corrected chi connectivity index (χ1v) is 8.35. The topological polar surface area (TPSA) is 69.7 Å². The molecule has 0 saturated heterocycles. The highest BCUT2D eigenvalue weighted by Crippen LogP contribution is 2.30. The van der Waals surface area contributed by atoms with Crippen LogP contribution in [0.15, 0.2) is 72.9 Å². The maximum Gasteiger partial charge on any atom is 0.573 e. The highest BCUT2D eigenvalue weighted by molar-refractivity contribution is 5.93. The Kier molecular flexibility index (Phi) is 6.18. The van der Waals surface area contributed by atoms with Crippen molar-refractivity contribution in [1.29, 1.82) is 0 Å². The summed E-state index contributed by atoms with van der Waals surface area (Å²) in [6.45, 7) is -0.423. The van der Waals surface area contributed by atoms with Crippen LogP contribution < -0.4 is 19.5 Å². The number of hydrogen-bond donors (Lipinski definition) is 1. The summed E-state index contributed by atoms with van der Waals surface area (Å²) in [5.74, 6) is 0.0148. The molecule has 29 heavy (non-hydrogen) atoms. The average molecular weight is 404 g/mol. The molecule has 3 rings (SSSR count). The standard InChI is InChI=1S/C20H15F3N2O4/c21-20(22,23)29-17-9-2-1-8-16(17)25-18(26)13-27-14-6-5-7-15(12-14)28-19-10-3-4-11-24-19/h1-12H,13H2,(H,25,26). The second-order valence-electron chi connectivity index (χ2n) is 5.63. The van der Waals surface area contributed by atoms with Crippen LogP contribution in [0.1, 0.15) is 0 Å². The van der Waals surface area contributed by atoms with Crippen LogP contribution in [-0.2, 0) is 4.79 Å². The van der Waals surface area contributed by atoms with Gasteiger partial charge in [0.15, 0.2) is 12.4 Å². The maximum absolute atomic E-state index is 12.4. The minimum atomic E-state index is -4.87. The van der Waals surface area contributed by atoms with E-state index in [4.69, 9.17) is 9.47 Å². The molecule has 0 unspecified atom stereocenters. The molecule has 0 fully saturated rings. The van der Waals surface area contributed by atoms with Crippen molar-refractivity contribution in [1.82, 2.24) is 4.98 Å². The van der Waals surface area contributed by atoms with E-state index < -0.39 is 24.6 Å². The molecule has 0 aliphatic rings. The molecule has 1 amide bonds. The first-order chi connectivity index (χ1) is 13.9. The van der Waals surface area contributed by atoms with Crippen molar-refractivity contribution in [3.8, 4) is 23.1 Å². The van der Waals surface area contributed by atoms with E-state index in [9.17, 15) is 18.0 Å². The van der Waals surface area contributed by atoms with Crippen molar-refractivity contribution in [2.24, 2.45) is 0 Å². The molecule has 0 spiro atoms. The van der Waals surface area contributed by atoms with E-state index in [1.54, 1.807) is 48.7 Å². The van der Waals surface area contributed by atoms with E-state index in [2.05, 4.69) is 15.0 Å². The molecule has 3 aromatic rings. The van der Waals surface area contributed by atoms with E-state index >= 15 is 0 Å². The summed E-state index contributed by atoms with van der Waals surface area (Å²) in [7, 11) is 0. The van der Waals surface area contributed by atoms with E-state index in [1.807, 2.05) is 0 Å². The summed E-state index contributed by atoms with van der Waals surface area (Å²) >= 11 is 0. The van der Waals surface area contributed by atoms with Gasteiger partial charge in [0, 0.05) is 18.3 Å². The van der Waals surface area contributed by atoms with Crippen molar-refractivity contribution >= 4 is 11.6 Å². The summed E-state index contributed by atoms with van der Waals surface area (Å²) in [6, 6.07) is 16.9. The zero-order valence-electron chi connectivity index (χ0n) is 14.8. The molecule has 6 nitrogen and oxygen atoms in total. The molecular weight excluding hydrogens is 389 g/mol. The van der Waals surface area contributed by atoms with E-state index in [1.165, 1.54) is 18.2 Å². The molecule has 1 N–H and O–H groups in total. The smallest absolute Gasteiger partial charge is 0.484 e. The van der Waals surface area contributed by atoms with Crippen molar-refractivity contribution < 1.29 is 32.2 Å². The van der Waals surface area contributed by atoms with Gasteiger partial charge in [-0.15, -0.1) is 13.2 Å². The number of nitrogens with zero attached hydrogens (tertiary/aromatic N) is 1. The molecule has 0 aliphatic carbocycles. The minimum Gasteiger partial charge on any atom is -0.484 e. The Balaban J connectivity index is 1.58. The van der Waals surface area contributed by atoms with Gasteiger partial charge in [-0.05, 0) is 30.3 Å². The van der Waals surface area contributed by atoms with Crippen molar-refractivity contribution in [2.45, 2.75) is 6.36 Å². The Morgan fingerprint density at radius 1 is 0.966 bits per heavy atom. The minimum absolute atomic E-state index is 0.120. The first-order valence-electron chi connectivity index (χ1n) is 8.35. The molecule has 0 atom stereocenters. The summed E-state index contributed by atoms with van der Waals surface area (Å²) in [5.41, 5.74) is -0.120. The van der Waals surface area contributed by atoms with Crippen LogP contribution in [0.5, 0.6) is 23.1 Å². The molecule has 1 heterocycles. The predicted molar refractivity (Wildman–Crippen MR) is 98.0 cm³/mol. The molecular formula is C20H15F3N2O4. The molecule has 0 radical (unpaired) electrons. The van der Waals surface area contributed by atoms with Gasteiger partial charge in [0.25, 0.3) is 5.91 Å². The van der Waals surface area contributed by atoms with Crippen molar-refractivity contribution in [3.63, 3.8) is 0 Å². The van der Waals surface area contributed by atoms with E-state index in [0.29, 0.717) is 17.4 Å². The van der Waals surface area contributed by atoms with Gasteiger partial charge >= 0.3 is 6.36 Å². The number of benzene rings is 2. The molecule has 2 aromatic carbocycles. The molecule has 150 valence electrons. The second-order valence-corrected chi connectivity index (χ2v) is 5.63. The second kappa shape index (κ2) is 8.96. The Morgan fingerprint density at radius 2 is 1.72 bits per heavy atom. The van der Waals surface area contributed by atoms with Gasteiger partial charge in [0.1, 0.15) is 11.5 Å². The Morgan fingerprint density at radius 3 is 2.48 bits per heavy atom. The lowest BCUT2D eigenvalue weighted by Gasteiger charge is -2.14. The number of ether oxygens (including phenoxy) is 3. The lowest BCUT2D eigenvalue weighted by Crippen LogP contribution is -2.22. The normalized spacial score (nSPS) is 10.9. The summed E-state index contributed by atoms with van der Waals surface area (Å²) in [6.07, 6.45) is -3.29.